The Bertz CT molecular complexity index is 470. The first kappa shape index (κ1) is 15.9. The molecule has 1 amide bonds. The summed E-state index contributed by atoms with van der Waals surface area (Å²) in [6.07, 6.45) is 6.92. The Morgan fingerprint density at radius 2 is 2.24 bits per heavy atom. The zero-order valence-electron chi connectivity index (χ0n) is 13.4. The molecule has 1 aromatic carbocycles. The fraction of sp³-hybridized carbons (Fsp3) is 0.611. The van der Waals surface area contributed by atoms with Crippen LogP contribution in [0.25, 0.3) is 0 Å². The van der Waals surface area contributed by atoms with E-state index in [2.05, 4.69) is 30.5 Å². The number of carbonyl (C=O) groups excluding carboxylic acids is 1. The normalized spacial score (nSPS) is 15.0. The lowest BCUT2D eigenvalue weighted by molar-refractivity contribution is 0.0945. The molecule has 0 radical (unpaired) electrons. The predicted octanol–water partition coefficient (Wildman–Crippen LogP) is 3.99. The van der Waals surface area contributed by atoms with Crippen LogP contribution in [0.15, 0.2) is 18.2 Å². The van der Waals surface area contributed by atoms with Gasteiger partial charge in [-0.3, -0.25) is 4.79 Å². The number of benzene rings is 1. The first-order valence-corrected chi connectivity index (χ1v) is 8.40. The van der Waals surface area contributed by atoms with Gasteiger partial charge in [0, 0.05) is 24.3 Å². The van der Waals surface area contributed by atoms with Crippen LogP contribution in [-0.2, 0) is 6.42 Å². The van der Waals surface area contributed by atoms with Crippen LogP contribution in [0.4, 0.5) is 5.69 Å². The zero-order valence-corrected chi connectivity index (χ0v) is 13.4. The third-order valence-corrected chi connectivity index (χ3v) is 4.43. The summed E-state index contributed by atoms with van der Waals surface area (Å²) in [6.45, 7) is 6.23. The van der Waals surface area contributed by atoms with Crippen molar-refractivity contribution in [3.8, 4) is 0 Å². The highest BCUT2D eigenvalue weighted by Gasteiger charge is 2.17. The molecular weight excluding hydrogens is 260 g/mol. The van der Waals surface area contributed by atoms with Crippen LogP contribution in [0.1, 0.15) is 61.9 Å². The molecule has 1 aliphatic heterocycles. The van der Waals surface area contributed by atoms with Crippen LogP contribution >= 0.6 is 0 Å². The van der Waals surface area contributed by atoms with Gasteiger partial charge in [0.25, 0.3) is 5.91 Å². The SMILES string of the molecule is CCCCC(CC)CNC(=O)c1cccc2c1CCCN2. The maximum absolute atomic E-state index is 12.5. The van der Waals surface area contributed by atoms with Gasteiger partial charge in [0.15, 0.2) is 0 Å². The van der Waals surface area contributed by atoms with Gasteiger partial charge < -0.3 is 10.6 Å². The highest BCUT2D eigenvalue weighted by atomic mass is 16.1. The highest BCUT2D eigenvalue weighted by Crippen LogP contribution is 2.25. The third kappa shape index (κ3) is 4.23. The van der Waals surface area contributed by atoms with Gasteiger partial charge in [-0.1, -0.05) is 39.2 Å². The molecule has 2 N–H and O–H groups in total. The van der Waals surface area contributed by atoms with Crippen molar-refractivity contribution in [2.24, 2.45) is 5.92 Å². The van der Waals surface area contributed by atoms with Crippen molar-refractivity contribution in [2.75, 3.05) is 18.4 Å². The molecule has 1 aromatic rings. The number of hydrogen-bond acceptors (Lipinski definition) is 2. The second kappa shape index (κ2) is 8.06. The molecular formula is C18H28N2O. The Balaban J connectivity index is 1.97. The van der Waals surface area contributed by atoms with Crippen LogP contribution in [0.2, 0.25) is 0 Å². The lowest BCUT2D eigenvalue weighted by Gasteiger charge is -2.21. The van der Waals surface area contributed by atoms with E-state index in [4.69, 9.17) is 0 Å². The number of rotatable bonds is 7. The van der Waals surface area contributed by atoms with Crippen molar-refractivity contribution in [2.45, 2.75) is 52.4 Å². The van der Waals surface area contributed by atoms with Gasteiger partial charge in [-0.05, 0) is 42.9 Å². The summed E-state index contributed by atoms with van der Waals surface area (Å²) in [5.41, 5.74) is 3.17. The van der Waals surface area contributed by atoms with Gasteiger partial charge >= 0.3 is 0 Å². The lowest BCUT2D eigenvalue weighted by atomic mass is 9.96. The van der Waals surface area contributed by atoms with Crippen LogP contribution < -0.4 is 10.6 Å². The molecule has 0 aromatic heterocycles. The van der Waals surface area contributed by atoms with E-state index < -0.39 is 0 Å². The third-order valence-electron chi connectivity index (χ3n) is 4.43. The molecule has 116 valence electrons. The molecule has 3 heteroatoms. The fourth-order valence-corrected chi connectivity index (χ4v) is 3.00. The smallest absolute Gasteiger partial charge is 0.251 e. The first-order valence-electron chi connectivity index (χ1n) is 8.40. The van der Waals surface area contributed by atoms with E-state index in [0.717, 1.165) is 43.6 Å². The number of fused-ring (bicyclic) bond motifs is 1. The maximum atomic E-state index is 12.5. The van der Waals surface area contributed by atoms with E-state index in [1.54, 1.807) is 0 Å². The zero-order chi connectivity index (χ0) is 15.1. The Morgan fingerprint density at radius 3 is 3.00 bits per heavy atom. The molecule has 0 saturated heterocycles. The van der Waals surface area contributed by atoms with Crippen LogP contribution in [0.3, 0.4) is 0 Å². The van der Waals surface area contributed by atoms with Crippen LogP contribution in [0.5, 0.6) is 0 Å². The number of amides is 1. The summed E-state index contributed by atoms with van der Waals surface area (Å²) in [5, 5.41) is 6.52. The summed E-state index contributed by atoms with van der Waals surface area (Å²) in [7, 11) is 0. The standard InChI is InChI=1S/C18H28N2O/c1-3-5-8-14(4-2)13-20-18(21)16-9-6-11-17-15(16)10-7-12-19-17/h6,9,11,14,19H,3-5,7-8,10,12-13H2,1-2H3,(H,20,21). The molecule has 21 heavy (non-hydrogen) atoms. The molecule has 2 rings (SSSR count). The number of anilines is 1. The monoisotopic (exact) mass is 288 g/mol. The van der Waals surface area contributed by atoms with Crippen molar-refractivity contribution in [1.82, 2.24) is 5.32 Å². The van der Waals surface area contributed by atoms with Crippen LogP contribution in [0, 0.1) is 5.92 Å². The average molecular weight is 288 g/mol. The van der Waals surface area contributed by atoms with E-state index in [1.807, 2.05) is 12.1 Å². The van der Waals surface area contributed by atoms with Crippen molar-refractivity contribution < 1.29 is 4.79 Å². The van der Waals surface area contributed by atoms with E-state index in [0.29, 0.717) is 5.92 Å². The van der Waals surface area contributed by atoms with Crippen molar-refractivity contribution in [3.63, 3.8) is 0 Å². The molecule has 1 atom stereocenters. The lowest BCUT2D eigenvalue weighted by Crippen LogP contribution is -2.30. The molecule has 0 fully saturated rings. The minimum atomic E-state index is 0.0884. The summed E-state index contributed by atoms with van der Waals surface area (Å²) in [5.74, 6) is 0.692. The Kier molecular flexibility index (Phi) is 6.09. The molecule has 1 aliphatic rings. The van der Waals surface area contributed by atoms with Crippen molar-refractivity contribution in [1.29, 1.82) is 0 Å². The van der Waals surface area contributed by atoms with E-state index in [-0.39, 0.29) is 5.91 Å². The average Bonchev–Trinajstić information content (AvgIpc) is 2.54. The van der Waals surface area contributed by atoms with Gasteiger partial charge in [-0.15, -0.1) is 0 Å². The van der Waals surface area contributed by atoms with Crippen LogP contribution in [-0.4, -0.2) is 19.0 Å². The Morgan fingerprint density at radius 1 is 1.38 bits per heavy atom. The quantitative estimate of drug-likeness (QED) is 0.796. The number of unbranched alkanes of at least 4 members (excludes halogenated alkanes) is 1. The van der Waals surface area contributed by atoms with E-state index in [9.17, 15) is 4.79 Å². The molecule has 1 heterocycles. The molecule has 3 nitrogen and oxygen atoms in total. The van der Waals surface area contributed by atoms with Gasteiger partial charge in [0.05, 0.1) is 0 Å². The minimum absolute atomic E-state index is 0.0884. The fourth-order valence-electron chi connectivity index (χ4n) is 3.00. The number of hydrogen-bond donors (Lipinski definition) is 2. The maximum Gasteiger partial charge on any atom is 0.251 e. The predicted molar refractivity (Wildman–Crippen MR) is 88.9 cm³/mol. The molecule has 0 spiro atoms. The Labute approximate surface area is 128 Å². The molecule has 0 saturated carbocycles. The molecule has 0 aliphatic carbocycles. The van der Waals surface area contributed by atoms with Gasteiger partial charge in [0.1, 0.15) is 0 Å². The van der Waals surface area contributed by atoms with Gasteiger partial charge in [-0.25, -0.2) is 0 Å². The number of nitrogens with one attached hydrogen (secondary N) is 2. The van der Waals surface area contributed by atoms with Gasteiger partial charge in [0.2, 0.25) is 0 Å². The summed E-state index contributed by atoms with van der Waals surface area (Å²) in [4.78, 5) is 12.5. The number of carbonyl (C=O) groups is 1. The first-order chi connectivity index (χ1) is 10.3. The van der Waals surface area contributed by atoms with Crippen molar-refractivity contribution >= 4 is 11.6 Å². The molecule has 0 bridgehead atoms. The summed E-state index contributed by atoms with van der Waals surface area (Å²) >= 11 is 0. The van der Waals surface area contributed by atoms with Crippen molar-refractivity contribution in [3.05, 3.63) is 29.3 Å². The summed E-state index contributed by atoms with van der Waals surface area (Å²) in [6, 6.07) is 6.00. The second-order valence-electron chi connectivity index (χ2n) is 5.99. The summed E-state index contributed by atoms with van der Waals surface area (Å²) < 4.78 is 0. The topological polar surface area (TPSA) is 41.1 Å². The Hall–Kier alpha value is -1.51. The van der Waals surface area contributed by atoms with E-state index in [1.165, 1.54) is 24.8 Å². The van der Waals surface area contributed by atoms with Gasteiger partial charge in [-0.2, -0.15) is 0 Å². The molecule has 1 unspecified atom stereocenters. The largest absolute Gasteiger partial charge is 0.385 e. The van der Waals surface area contributed by atoms with E-state index >= 15 is 0 Å². The highest BCUT2D eigenvalue weighted by molar-refractivity contribution is 5.97. The minimum Gasteiger partial charge on any atom is -0.385 e. The second-order valence-corrected chi connectivity index (χ2v) is 5.99.